The second-order valence-electron chi connectivity index (χ2n) is 5.36. The van der Waals surface area contributed by atoms with Gasteiger partial charge in [0.15, 0.2) is 5.11 Å². The van der Waals surface area contributed by atoms with Crippen molar-refractivity contribution >= 4 is 103 Å². The molecular weight excluding hydrogens is 590 g/mol. The molecule has 0 spiro atoms. The quantitative estimate of drug-likeness (QED) is 0.224. The fourth-order valence-electron chi connectivity index (χ4n) is 2.38. The summed E-state index contributed by atoms with van der Waals surface area (Å²) in [5.41, 5.74) is 0.687. The summed E-state index contributed by atoms with van der Waals surface area (Å²) in [5.74, 6) is -1.18. The first-order chi connectivity index (χ1) is 12.7. The number of aromatic hydroxyl groups is 1. The Bertz CT molecular complexity index is 1020. The largest absolute Gasteiger partial charge is 0.506 e. The summed E-state index contributed by atoms with van der Waals surface area (Å²) in [6.07, 6.45) is 1.41. The number of thiocarbonyl (C=S) groups is 1. The molecule has 0 atom stereocenters. The van der Waals surface area contributed by atoms with E-state index in [4.69, 9.17) is 35.4 Å². The number of phenols is 1. The van der Waals surface area contributed by atoms with Gasteiger partial charge in [-0.05, 0) is 86.6 Å². The van der Waals surface area contributed by atoms with E-state index in [-0.39, 0.29) is 32.2 Å². The predicted molar refractivity (Wildman–Crippen MR) is 121 cm³/mol. The van der Waals surface area contributed by atoms with E-state index in [2.05, 4.69) is 21.2 Å². The first-order valence-corrected chi connectivity index (χ1v) is 10.3. The van der Waals surface area contributed by atoms with Crippen LogP contribution in [0.25, 0.3) is 6.08 Å². The number of carbonyl (C=O) groups excluding carboxylic acids is 2. The van der Waals surface area contributed by atoms with Crippen LogP contribution in [0.15, 0.2) is 40.4 Å². The van der Waals surface area contributed by atoms with Gasteiger partial charge in [-0.2, -0.15) is 0 Å². The van der Waals surface area contributed by atoms with Gasteiger partial charge in [0.25, 0.3) is 11.8 Å². The molecule has 2 N–H and O–H groups in total. The lowest BCUT2D eigenvalue weighted by Gasteiger charge is -2.29. The Kier molecular flexibility index (Phi) is 6.11. The number of rotatable bonds is 2. The van der Waals surface area contributed by atoms with Crippen molar-refractivity contribution < 1.29 is 14.7 Å². The maximum absolute atomic E-state index is 13.0. The maximum Gasteiger partial charge on any atom is 0.270 e. The van der Waals surface area contributed by atoms with Gasteiger partial charge < -0.3 is 5.11 Å². The smallest absolute Gasteiger partial charge is 0.270 e. The molecule has 1 saturated heterocycles. The second-order valence-corrected chi connectivity index (χ2v) is 8.55. The molecule has 0 aliphatic carbocycles. The second kappa shape index (κ2) is 8.04. The lowest BCUT2D eigenvalue weighted by atomic mass is 10.1. The van der Waals surface area contributed by atoms with Crippen LogP contribution < -0.4 is 10.2 Å². The predicted octanol–water partition coefficient (Wildman–Crippen LogP) is 4.90. The molecule has 0 saturated carbocycles. The summed E-state index contributed by atoms with van der Waals surface area (Å²) in [6.45, 7) is 0. The van der Waals surface area contributed by atoms with Crippen molar-refractivity contribution in [2.24, 2.45) is 0 Å². The fourth-order valence-corrected chi connectivity index (χ4v) is 4.53. The number of halogens is 4. The highest BCUT2D eigenvalue weighted by Crippen LogP contribution is 2.35. The minimum Gasteiger partial charge on any atom is -0.506 e. The number of hydrogen-bond donors (Lipinski definition) is 2. The summed E-state index contributed by atoms with van der Waals surface area (Å²) in [5, 5.41) is 12.6. The molecule has 1 aliphatic rings. The molecule has 0 radical (unpaired) electrons. The first kappa shape index (κ1) is 20.5. The average molecular weight is 598 g/mol. The fraction of sp³-hybridized carbons (Fsp3) is 0. The Morgan fingerprint density at radius 1 is 1.26 bits per heavy atom. The van der Waals surface area contributed by atoms with Crippen LogP contribution in [-0.2, 0) is 9.59 Å². The molecule has 0 bridgehead atoms. The number of amides is 2. The van der Waals surface area contributed by atoms with E-state index in [9.17, 15) is 14.7 Å². The van der Waals surface area contributed by atoms with Crippen molar-refractivity contribution in [2.75, 3.05) is 4.90 Å². The summed E-state index contributed by atoms with van der Waals surface area (Å²) in [4.78, 5) is 26.5. The summed E-state index contributed by atoms with van der Waals surface area (Å²) < 4.78 is 0.998. The lowest BCUT2D eigenvalue weighted by molar-refractivity contribution is -0.122. The number of hydrogen-bond acceptors (Lipinski definition) is 4. The van der Waals surface area contributed by atoms with Gasteiger partial charge in [0.2, 0.25) is 0 Å². The molecule has 2 aromatic rings. The SMILES string of the molecule is O=C1NC(=S)N(c2cccc(Cl)c2Cl)C(=O)/C1=C/c1cc(Br)c(O)c(I)c1. The number of nitrogens with zero attached hydrogens (tertiary/aromatic N) is 1. The van der Waals surface area contributed by atoms with Crippen LogP contribution in [0, 0.1) is 3.57 Å². The van der Waals surface area contributed by atoms with Crippen LogP contribution in [-0.4, -0.2) is 22.0 Å². The highest BCUT2D eigenvalue weighted by Gasteiger charge is 2.35. The molecule has 138 valence electrons. The molecule has 10 heteroatoms. The highest BCUT2D eigenvalue weighted by molar-refractivity contribution is 14.1. The Hall–Kier alpha value is -1.20. The molecule has 2 aromatic carbocycles. The lowest BCUT2D eigenvalue weighted by Crippen LogP contribution is -2.54. The van der Waals surface area contributed by atoms with E-state index in [1.807, 2.05) is 22.6 Å². The third kappa shape index (κ3) is 4.00. The number of anilines is 1. The summed E-state index contributed by atoms with van der Waals surface area (Å²) in [6, 6.07) is 8.01. The van der Waals surface area contributed by atoms with E-state index in [0.717, 1.165) is 4.90 Å². The Morgan fingerprint density at radius 3 is 2.63 bits per heavy atom. The van der Waals surface area contributed by atoms with Crippen molar-refractivity contribution in [3.63, 3.8) is 0 Å². The zero-order valence-electron chi connectivity index (χ0n) is 13.1. The molecule has 0 unspecified atom stereocenters. The molecule has 2 amide bonds. The van der Waals surface area contributed by atoms with E-state index >= 15 is 0 Å². The number of nitrogens with one attached hydrogen (secondary N) is 1. The average Bonchev–Trinajstić information content (AvgIpc) is 2.60. The molecule has 0 aromatic heterocycles. The Morgan fingerprint density at radius 2 is 1.96 bits per heavy atom. The molecule has 1 fully saturated rings. The van der Waals surface area contributed by atoms with Gasteiger partial charge in [-0.3, -0.25) is 19.8 Å². The molecule has 5 nitrogen and oxygen atoms in total. The van der Waals surface area contributed by atoms with E-state index < -0.39 is 11.8 Å². The van der Waals surface area contributed by atoms with E-state index in [1.54, 1.807) is 30.3 Å². The maximum atomic E-state index is 13.0. The van der Waals surface area contributed by atoms with Crippen LogP contribution in [0.2, 0.25) is 10.0 Å². The van der Waals surface area contributed by atoms with Gasteiger partial charge in [0.1, 0.15) is 11.3 Å². The third-order valence-corrected chi connectivity index (χ3v) is 6.14. The first-order valence-electron chi connectivity index (χ1n) is 7.24. The van der Waals surface area contributed by atoms with Gasteiger partial charge in [-0.25, -0.2) is 0 Å². The van der Waals surface area contributed by atoms with Gasteiger partial charge in [-0.15, -0.1) is 0 Å². The van der Waals surface area contributed by atoms with Crippen LogP contribution in [0.1, 0.15) is 5.56 Å². The van der Waals surface area contributed by atoms with Crippen LogP contribution in [0.5, 0.6) is 5.75 Å². The zero-order chi connectivity index (χ0) is 19.9. The molecule has 1 aliphatic heterocycles. The molecular formula is C17H8BrCl2IN2O3S. The van der Waals surface area contributed by atoms with E-state index in [0.29, 0.717) is 13.6 Å². The number of phenolic OH excluding ortho intramolecular Hbond substituents is 1. The van der Waals surface area contributed by atoms with Crippen LogP contribution in [0.4, 0.5) is 5.69 Å². The summed E-state index contributed by atoms with van der Waals surface area (Å²) in [7, 11) is 0. The van der Waals surface area contributed by atoms with Crippen LogP contribution in [0.3, 0.4) is 0 Å². The summed E-state index contributed by atoms with van der Waals surface area (Å²) >= 11 is 22.6. The minimum absolute atomic E-state index is 0.0747. The van der Waals surface area contributed by atoms with Crippen molar-refractivity contribution in [2.45, 2.75) is 0 Å². The van der Waals surface area contributed by atoms with E-state index in [1.165, 1.54) is 6.08 Å². The van der Waals surface area contributed by atoms with Gasteiger partial charge >= 0.3 is 0 Å². The Labute approximate surface area is 191 Å². The van der Waals surface area contributed by atoms with Crippen molar-refractivity contribution in [1.29, 1.82) is 0 Å². The number of carbonyl (C=O) groups is 2. The topological polar surface area (TPSA) is 69.6 Å². The monoisotopic (exact) mass is 596 g/mol. The van der Waals surface area contributed by atoms with Crippen molar-refractivity contribution in [1.82, 2.24) is 5.32 Å². The molecule has 27 heavy (non-hydrogen) atoms. The molecule has 1 heterocycles. The zero-order valence-corrected chi connectivity index (χ0v) is 19.2. The normalized spacial score (nSPS) is 16.1. The van der Waals surface area contributed by atoms with Crippen molar-refractivity contribution in [3.05, 3.63) is 59.6 Å². The number of benzene rings is 2. The minimum atomic E-state index is -0.632. The Balaban J connectivity index is 2.09. The van der Waals surface area contributed by atoms with Crippen molar-refractivity contribution in [3.8, 4) is 5.75 Å². The highest BCUT2D eigenvalue weighted by atomic mass is 127. The van der Waals surface area contributed by atoms with Crippen LogP contribution >= 0.6 is 73.9 Å². The standard InChI is InChI=1S/C17H8BrCl2IN2O3S/c18-9-5-7(6-11(21)14(9)24)4-8-15(25)22-17(27)23(16(8)26)12-3-1-2-10(19)13(12)20/h1-6,24H,(H,22,25,27)/b8-4+. The van der Waals surface area contributed by atoms with Gasteiger partial charge in [0, 0.05) is 0 Å². The molecule has 3 rings (SSSR count). The van der Waals surface area contributed by atoms with Gasteiger partial charge in [-0.1, -0.05) is 29.3 Å². The third-order valence-electron chi connectivity index (χ3n) is 3.62. The van der Waals surface area contributed by atoms with Gasteiger partial charge in [0.05, 0.1) is 23.8 Å².